The largest absolute Gasteiger partial charge is 0.472 e. The van der Waals surface area contributed by atoms with Crippen molar-refractivity contribution < 1.29 is 80.2 Å². The van der Waals surface area contributed by atoms with E-state index in [9.17, 15) is 43.2 Å². The number of carbonyl (C=O) groups is 4. The molecule has 0 bridgehead atoms. The predicted molar refractivity (Wildman–Crippen MR) is 418 cm³/mol. The maximum Gasteiger partial charge on any atom is 0.472 e. The van der Waals surface area contributed by atoms with Crippen molar-refractivity contribution in [2.24, 2.45) is 11.8 Å². The third-order valence-electron chi connectivity index (χ3n) is 18.8. The van der Waals surface area contributed by atoms with E-state index in [4.69, 9.17) is 37.0 Å². The van der Waals surface area contributed by atoms with Crippen LogP contribution in [0.25, 0.3) is 0 Å². The Morgan fingerprint density at radius 3 is 0.804 bits per heavy atom. The quantitative estimate of drug-likeness (QED) is 0.0169. The average Bonchev–Trinajstić information content (AvgIpc) is 0.924. The summed E-state index contributed by atoms with van der Waals surface area (Å²) in [6.07, 6.45) is 67.7. The first-order chi connectivity index (χ1) is 49.4. The molecule has 0 saturated heterocycles. The molecule has 3 N–H and O–H groups in total. The average molecular weight is 1490 g/mol. The molecule has 0 aliphatic rings. The van der Waals surface area contributed by atoms with E-state index in [1.54, 1.807) is 0 Å². The topological polar surface area (TPSA) is 237 Å². The van der Waals surface area contributed by atoms with E-state index in [-0.39, 0.29) is 25.7 Å². The van der Waals surface area contributed by atoms with Gasteiger partial charge in [0.05, 0.1) is 26.4 Å². The normalized spacial score (nSPS) is 14.0. The van der Waals surface area contributed by atoms with Crippen LogP contribution in [0.15, 0.2) is 24.3 Å². The number of phosphoric acid groups is 2. The number of aliphatic hydroxyl groups is 1. The number of hydrogen-bond acceptors (Lipinski definition) is 15. The minimum atomic E-state index is -4.97. The van der Waals surface area contributed by atoms with E-state index in [1.165, 1.54) is 212 Å². The van der Waals surface area contributed by atoms with Gasteiger partial charge in [-0.05, 0) is 63.2 Å². The Labute approximate surface area is 624 Å². The second-order valence-corrected chi connectivity index (χ2v) is 33.0. The van der Waals surface area contributed by atoms with Crippen LogP contribution in [-0.2, 0) is 65.4 Å². The molecular formula is C83H158O17P2. The van der Waals surface area contributed by atoms with Gasteiger partial charge in [-0.2, -0.15) is 0 Å². The van der Waals surface area contributed by atoms with Crippen LogP contribution in [0.4, 0.5) is 0 Å². The summed E-state index contributed by atoms with van der Waals surface area (Å²) in [7, 11) is -9.93. The lowest BCUT2D eigenvalue weighted by Crippen LogP contribution is -2.30. The molecule has 0 aromatic rings. The molecule has 102 heavy (non-hydrogen) atoms. The van der Waals surface area contributed by atoms with Gasteiger partial charge >= 0.3 is 39.5 Å². The number of rotatable bonds is 80. The second kappa shape index (κ2) is 74.0. The summed E-state index contributed by atoms with van der Waals surface area (Å²) in [5.74, 6) is -0.667. The Balaban J connectivity index is 5.24. The molecule has 0 aliphatic heterocycles. The molecule has 0 heterocycles. The van der Waals surface area contributed by atoms with Gasteiger partial charge in [-0.3, -0.25) is 37.3 Å². The Morgan fingerprint density at radius 2 is 0.529 bits per heavy atom. The van der Waals surface area contributed by atoms with Gasteiger partial charge < -0.3 is 33.8 Å². The molecule has 0 aromatic carbocycles. The molecule has 0 fully saturated rings. The van der Waals surface area contributed by atoms with Crippen molar-refractivity contribution in [3.63, 3.8) is 0 Å². The van der Waals surface area contributed by atoms with Crippen molar-refractivity contribution in [2.45, 2.75) is 432 Å². The molecule has 0 radical (unpaired) electrons. The number of unbranched alkanes of at least 4 members (excludes halogenated alkanes) is 47. The lowest BCUT2D eigenvalue weighted by molar-refractivity contribution is -0.161. The second-order valence-electron chi connectivity index (χ2n) is 30.1. The summed E-state index contributed by atoms with van der Waals surface area (Å²) in [6.45, 7) is 9.51. The van der Waals surface area contributed by atoms with E-state index in [2.05, 4.69) is 65.8 Å². The number of aliphatic hydroxyl groups excluding tert-OH is 1. The van der Waals surface area contributed by atoms with Crippen molar-refractivity contribution in [1.82, 2.24) is 0 Å². The van der Waals surface area contributed by atoms with E-state index in [0.717, 1.165) is 115 Å². The predicted octanol–water partition coefficient (Wildman–Crippen LogP) is 24.6. The first-order valence-electron chi connectivity index (χ1n) is 42.3. The zero-order valence-electron chi connectivity index (χ0n) is 66.4. The molecule has 0 rings (SSSR count). The monoisotopic (exact) mass is 1490 g/mol. The highest BCUT2D eigenvalue weighted by atomic mass is 31.2. The number of hydrogen-bond donors (Lipinski definition) is 3. The van der Waals surface area contributed by atoms with Crippen LogP contribution >= 0.6 is 15.6 Å². The van der Waals surface area contributed by atoms with Gasteiger partial charge in [-0.25, -0.2) is 9.13 Å². The fourth-order valence-corrected chi connectivity index (χ4v) is 13.9. The van der Waals surface area contributed by atoms with Gasteiger partial charge in [-0.15, -0.1) is 0 Å². The first-order valence-corrected chi connectivity index (χ1v) is 45.3. The standard InChI is InChI=1S/C83H158O17P2/c1-7-9-11-13-15-17-19-21-23-24-25-26-27-28-30-36-40-44-48-56-62-67-82(87)99-78(71-93-80(85)65-59-53-46-42-38-34-32-31-33-37-41-45-51-57-63-75(3)4)73-97-101(89,90)95-69-77(84)70-96-102(91,92)98-74-79(72-94-81(86)66-60-54-50-49-52-58-64-76(5)6)100-83(88)68-61-55-47-43-39-35-29-22-20-18-16-14-12-10-8-2/h18,20,22,29,75-79,84H,7-17,19,21,23-28,30-74H2,1-6H3,(H,89,90)(H,91,92)/b20-18-,29-22-/t77-,78-,79-/m1/s1. The van der Waals surface area contributed by atoms with Crippen LogP contribution < -0.4 is 0 Å². The molecule has 0 amide bonds. The Morgan fingerprint density at radius 1 is 0.304 bits per heavy atom. The number of carbonyl (C=O) groups excluding carboxylic acids is 4. The Bertz CT molecular complexity index is 2050. The fourth-order valence-electron chi connectivity index (χ4n) is 12.3. The number of allylic oxidation sites excluding steroid dienone is 4. The highest BCUT2D eigenvalue weighted by Gasteiger charge is 2.30. The molecule has 602 valence electrons. The third kappa shape index (κ3) is 75.8. The number of ether oxygens (including phenoxy) is 4. The molecule has 2 unspecified atom stereocenters. The van der Waals surface area contributed by atoms with Gasteiger partial charge in [0.2, 0.25) is 0 Å². The van der Waals surface area contributed by atoms with Crippen molar-refractivity contribution in [3.05, 3.63) is 24.3 Å². The minimum absolute atomic E-state index is 0.0842. The van der Waals surface area contributed by atoms with E-state index >= 15 is 0 Å². The van der Waals surface area contributed by atoms with Gasteiger partial charge in [0, 0.05) is 25.7 Å². The summed E-state index contributed by atoms with van der Waals surface area (Å²) in [5.41, 5.74) is 0. The molecule has 0 aromatic heterocycles. The molecule has 0 saturated carbocycles. The molecule has 0 spiro atoms. The highest BCUT2D eigenvalue weighted by Crippen LogP contribution is 2.45. The Kier molecular flexibility index (Phi) is 72.2. The summed E-state index contributed by atoms with van der Waals surface area (Å²) >= 11 is 0. The van der Waals surface area contributed by atoms with E-state index in [0.29, 0.717) is 31.6 Å². The van der Waals surface area contributed by atoms with Gasteiger partial charge in [-0.1, -0.05) is 361 Å². The maximum absolute atomic E-state index is 13.1. The van der Waals surface area contributed by atoms with Crippen molar-refractivity contribution in [2.75, 3.05) is 39.6 Å². The van der Waals surface area contributed by atoms with Crippen LogP contribution in [0.3, 0.4) is 0 Å². The zero-order chi connectivity index (χ0) is 74.9. The van der Waals surface area contributed by atoms with Crippen molar-refractivity contribution in [3.8, 4) is 0 Å². The third-order valence-corrected chi connectivity index (χ3v) is 20.7. The zero-order valence-corrected chi connectivity index (χ0v) is 68.2. The lowest BCUT2D eigenvalue weighted by atomic mass is 10.0. The first kappa shape index (κ1) is 99.5. The SMILES string of the molecule is CCCCCC/C=C\C=C/CCCCCCCC(=O)O[C@H](COC(=O)CCCCCCCCC(C)C)COP(=O)(O)OC[C@H](O)COP(=O)(O)OC[C@@H](COC(=O)CCCCCCCCCCCCCCCCC(C)C)OC(=O)CCCCCCCCCCCCCCCCCCCCCCC. The summed E-state index contributed by atoms with van der Waals surface area (Å²) in [5, 5.41) is 10.6. The Hall–Kier alpha value is -2.46. The van der Waals surface area contributed by atoms with Gasteiger partial charge in [0.1, 0.15) is 19.3 Å². The summed E-state index contributed by atoms with van der Waals surface area (Å²) in [6, 6.07) is 0. The van der Waals surface area contributed by atoms with Crippen LogP contribution in [0.1, 0.15) is 414 Å². The van der Waals surface area contributed by atoms with E-state index < -0.39 is 97.5 Å². The van der Waals surface area contributed by atoms with E-state index in [1.807, 2.05) is 0 Å². The van der Waals surface area contributed by atoms with Gasteiger partial charge in [0.15, 0.2) is 12.2 Å². The molecule has 0 aliphatic carbocycles. The van der Waals surface area contributed by atoms with Gasteiger partial charge in [0.25, 0.3) is 0 Å². The molecule has 17 nitrogen and oxygen atoms in total. The van der Waals surface area contributed by atoms with Crippen molar-refractivity contribution in [1.29, 1.82) is 0 Å². The summed E-state index contributed by atoms with van der Waals surface area (Å²) in [4.78, 5) is 73.0. The van der Waals surface area contributed by atoms with Crippen LogP contribution in [-0.4, -0.2) is 96.7 Å². The van der Waals surface area contributed by atoms with Crippen LogP contribution in [0.5, 0.6) is 0 Å². The fraction of sp³-hybridized carbons (Fsp3) is 0.904. The van der Waals surface area contributed by atoms with Crippen LogP contribution in [0, 0.1) is 11.8 Å². The number of phosphoric ester groups is 2. The highest BCUT2D eigenvalue weighted by molar-refractivity contribution is 7.47. The van der Waals surface area contributed by atoms with Crippen LogP contribution in [0.2, 0.25) is 0 Å². The summed E-state index contributed by atoms with van der Waals surface area (Å²) < 4.78 is 68.7. The molecule has 5 atom stereocenters. The number of esters is 4. The molecular weight excluding hydrogens is 1330 g/mol. The smallest absolute Gasteiger partial charge is 0.462 e. The van der Waals surface area contributed by atoms with Crippen molar-refractivity contribution >= 4 is 39.5 Å². The molecule has 19 heteroatoms. The minimum Gasteiger partial charge on any atom is -0.462 e. The lowest BCUT2D eigenvalue weighted by Gasteiger charge is -2.21. The maximum atomic E-state index is 13.1.